The number of carbonyl (C=O) groups excluding carboxylic acids is 1. The maximum absolute atomic E-state index is 12.9. The van der Waals surface area contributed by atoms with E-state index in [0.29, 0.717) is 5.13 Å². The Morgan fingerprint density at radius 2 is 1.96 bits per heavy atom. The Labute approximate surface area is 150 Å². The third-order valence-corrected chi connectivity index (χ3v) is 6.03. The summed E-state index contributed by atoms with van der Waals surface area (Å²) in [7, 11) is 0. The quantitative estimate of drug-likeness (QED) is 0.763. The molecule has 1 aliphatic rings. The maximum Gasteiger partial charge on any atom is 0.229 e. The molecule has 0 aliphatic heterocycles. The summed E-state index contributed by atoms with van der Waals surface area (Å²) in [4.78, 5) is 16.7. The third kappa shape index (κ3) is 5.05. The summed E-state index contributed by atoms with van der Waals surface area (Å²) in [5, 5.41) is 5.66. The van der Waals surface area contributed by atoms with Crippen molar-refractivity contribution in [3.8, 4) is 0 Å². The summed E-state index contributed by atoms with van der Waals surface area (Å²) < 4.78 is 12.9. The highest BCUT2D eigenvalue weighted by atomic mass is 32.2. The number of anilines is 1. The molecule has 1 aromatic heterocycles. The Balaban J connectivity index is 1.44. The highest BCUT2D eigenvalue weighted by molar-refractivity contribution is 7.97. The summed E-state index contributed by atoms with van der Waals surface area (Å²) in [5.74, 6) is 1.67. The molecule has 2 aromatic rings. The van der Waals surface area contributed by atoms with Crippen molar-refractivity contribution in [2.45, 2.75) is 43.6 Å². The molecule has 3 nitrogen and oxygen atoms in total. The lowest BCUT2D eigenvalue weighted by Gasteiger charge is -2.19. The van der Waals surface area contributed by atoms with Gasteiger partial charge in [0.1, 0.15) is 5.82 Å². The second kappa shape index (κ2) is 8.62. The molecule has 24 heavy (non-hydrogen) atoms. The molecular formula is C18H21FN2OS2. The van der Waals surface area contributed by atoms with E-state index in [2.05, 4.69) is 10.3 Å². The number of hydrogen-bond acceptors (Lipinski definition) is 4. The number of thioether (sulfide) groups is 1. The van der Waals surface area contributed by atoms with E-state index in [0.717, 1.165) is 48.4 Å². The minimum absolute atomic E-state index is 0.120. The molecule has 1 heterocycles. The average molecular weight is 365 g/mol. The zero-order valence-electron chi connectivity index (χ0n) is 13.5. The van der Waals surface area contributed by atoms with Crippen molar-refractivity contribution in [3.05, 3.63) is 46.7 Å². The van der Waals surface area contributed by atoms with Gasteiger partial charge in [-0.3, -0.25) is 4.79 Å². The molecule has 6 heteroatoms. The highest BCUT2D eigenvalue weighted by Crippen LogP contribution is 2.26. The summed E-state index contributed by atoms with van der Waals surface area (Å²) in [6.07, 6.45) is 5.55. The van der Waals surface area contributed by atoms with Gasteiger partial charge < -0.3 is 5.32 Å². The predicted molar refractivity (Wildman–Crippen MR) is 98.7 cm³/mol. The number of amides is 1. The molecule has 0 unspecified atom stereocenters. The van der Waals surface area contributed by atoms with Gasteiger partial charge in [0.15, 0.2) is 5.13 Å². The first kappa shape index (κ1) is 17.4. The van der Waals surface area contributed by atoms with Crippen molar-refractivity contribution in [2.75, 3.05) is 5.32 Å². The molecule has 0 atom stereocenters. The molecule has 0 saturated heterocycles. The van der Waals surface area contributed by atoms with Gasteiger partial charge in [-0.1, -0.05) is 31.4 Å². The van der Waals surface area contributed by atoms with E-state index >= 15 is 0 Å². The summed E-state index contributed by atoms with van der Waals surface area (Å²) >= 11 is 3.22. The number of nitrogens with zero attached hydrogens (tertiary/aromatic N) is 1. The minimum atomic E-state index is -0.207. The number of carbonyl (C=O) groups is 1. The topological polar surface area (TPSA) is 42.0 Å². The Morgan fingerprint density at radius 3 is 2.71 bits per heavy atom. The standard InChI is InChI=1S/C18H21FN2OS2/c19-15-8-6-13(7-9-15)10-23-11-16-12-24-18(20-16)21-17(22)14-4-2-1-3-5-14/h6-9,12,14H,1-5,10-11H2,(H,20,21,22). The van der Waals surface area contributed by atoms with Gasteiger partial charge in [-0.25, -0.2) is 9.37 Å². The summed E-state index contributed by atoms with van der Waals surface area (Å²) in [5.41, 5.74) is 2.08. The van der Waals surface area contributed by atoms with Gasteiger partial charge in [-0.05, 0) is 30.5 Å². The fourth-order valence-corrected chi connectivity index (χ4v) is 4.56. The van der Waals surface area contributed by atoms with Crippen LogP contribution in [0.3, 0.4) is 0 Å². The van der Waals surface area contributed by atoms with Gasteiger partial charge in [0, 0.05) is 22.8 Å². The van der Waals surface area contributed by atoms with Gasteiger partial charge in [0.2, 0.25) is 5.91 Å². The van der Waals surface area contributed by atoms with Crippen molar-refractivity contribution in [1.82, 2.24) is 4.98 Å². The van der Waals surface area contributed by atoms with Gasteiger partial charge >= 0.3 is 0 Å². The van der Waals surface area contributed by atoms with E-state index in [-0.39, 0.29) is 17.6 Å². The van der Waals surface area contributed by atoms with Crippen LogP contribution in [0.2, 0.25) is 0 Å². The van der Waals surface area contributed by atoms with Crippen LogP contribution in [0.25, 0.3) is 0 Å². The molecule has 1 aliphatic carbocycles. The number of hydrogen-bond donors (Lipinski definition) is 1. The molecule has 128 valence electrons. The fourth-order valence-electron chi connectivity index (χ4n) is 2.86. The first-order valence-corrected chi connectivity index (χ1v) is 10.3. The minimum Gasteiger partial charge on any atom is -0.302 e. The lowest BCUT2D eigenvalue weighted by molar-refractivity contribution is -0.120. The SMILES string of the molecule is O=C(Nc1nc(CSCc2ccc(F)cc2)cs1)C1CCCCC1. The number of nitrogens with one attached hydrogen (secondary N) is 1. The van der Waals surface area contributed by atoms with Crippen LogP contribution < -0.4 is 5.32 Å². The lowest BCUT2D eigenvalue weighted by atomic mass is 9.89. The Hall–Kier alpha value is -1.40. The third-order valence-electron chi connectivity index (χ3n) is 4.19. The van der Waals surface area contributed by atoms with Crippen molar-refractivity contribution in [3.63, 3.8) is 0 Å². The molecule has 1 amide bonds. The van der Waals surface area contributed by atoms with Crippen LogP contribution in [-0.4, -0.2) is 10.9 Å². The van der Waals surface area contributed by atoms with E-state index in [1.54, 1.807) is 23.9 Å². The second-order valence-electron chi connectivity index (χ2n) is 6.09. The van der Waals surface area contributed by atoms with Gasteiger partial charge in [-0.2, -0.15) is 11.8 Å². The zero-order chi connectivity index (χ0) is 16.8. The highest BCUT2D eigenvalue weighted by Gasteiger charge is 2.21. The molecule has 1 N–H and O–H groups in total. The van der Waals surface area contributed by atoms with Crippen LogP contribution in [-0.2, 0) is 16.3 Å². The Bertz CT molecular complexity index is 666. The van der Waals surface area contributed by atoms with E-state index in [9.17, 15) is 9.18 Å². The van der Waals surface area contributed by atoms with Crippen LogP contribution in [0.5, 0.6) is 0 Å². The first-order chi connectivity index (χ1) is 11.7. The number of aromatic nitrogens is 1. The fraction of sp³-hybridized carbons (Fsp3) is 0.444. The van der Waals surface area contributed by atoms with E-state index in [1.807, 2.05) is 5.38 Å². The monoisotopic (exact) mass is 364 g/mol. The Kier molecular flexibility index (Phi) is 6.26. The van der Waals surface area contributed by atoms with Crippen LogP contribution in [0.4, 0.5) is 9.52 Å². The Morgan fingerprint density at radius 1 is 1.21 bits per heavy atom. The number of thiazole rings is 1. The van der Waals surface area contributed by atoms with Gasteiger partial charge in [0.05, 0.1) is 5.69 Å². The van der Waals surface area contributed by atoms with E-state index in [4.69, 9.17) is 0 Å². The molecule has 0 radical (unpaired) electrons. The molecule has 0 bridgehead atoms. The molecular weight excluding hydrogens is 343 g/mol. The van der Waals surface area contributed by atoms with Crippen molar-refractivity contribution in [1.29, 1.82) is 0 Å². The second-order valence-corrected chi connectivity index (χ2v) is 7.93. The average Bonchev–Trinajstić information content (AvgIpc) is 3.05. The van der Waals surface area contributed by atoms with Crippen molar-refractivity contribution >= 4 is 34.1 Å². The maximum atomic E-state index is 12.9. The molecule has 0 spiro atoms. The predicted octanol–water partition coefficient (Wildman–Crippen LogP) is 5.23. The summed E-state index contributed by atoms with van der Waals surface area (Å²) in [6, 6.07) is 6.58. The van der Waals surface area contributed by atoms with Crippen molar-refractivity contribution in [2.24, 2.45) is 5.92 Å². The zero-order valence-corrected chi connectivity index (χ0v) is 15.1. The molecule has 1 fully saturated rings. The largest absolute Gasteiger partial charge is 0.302 e. The summed E-state index contributed by atoms with van der Waals surface area (Å²) in [6.45, 7) is 0. The smallest absolute Gasteiger partial charge is 0.229 e. The van der Waals surface area contributed by atoms with Crippen LogP contribution in [0.15, 0.2) is 29.6 Å². The number of halogens is 1. The van der Waals surface area contributed by atoms with Crippen molar-refractivity contribution < 1.29 is 9.18 Å². The van der Waals surface area contributed by atoms with E-state index < -0.39 is 0 Å². The van der Waals surface area contributed by atoms with E-state index in [1.165, 1.54) is 29.9 Å². The van der Waals surface area contributed by atoms with Crippen LogP contribution in [0, 0.1) is 11.7 Å². The molecule has 3 rings (SSSR count). The molecule has 1 saturated carbocycles. The lowest BCUT2D eigenvalue weighted by Crippen LogP contribution is -2.24. The van der Waals surface area contributed by atoms with Gasteiger partial charge in [0.25, 0.3) is 0 Å². The normalized spacial score (nSPS) is 15.4. The van der Waals surface area contributed by atoms with Gasteiger partial charge in [-0.15, -0.1) is 11.3 Å². The van der Waals surface area contributed by atoms with Crippen LogP contribution in [0.1, 0.15) is 43.4 Å². The van der Waals surface area contributed by atoms with Crippen LogP contribution >= 0.6 is 23.1 Å². The molecule has 1 aromatic carbocycles. The number of rotatable bonds is 6. The number of benzene rings is 1. The first-order valence-electron chi connectivity index (χ1n) is 8.28.